The van der Waals surface area contributed by atoms with Crippen LogP contribution in [0.15, 0.2) is 82.2 Å². The highest BCUT2D eigenvalue weighted by atomic mass is 19.1. The molecule has 2 heterocycles. The van der Waals surface area contributed by atoms with Gasteiger partial charge in [0, 0.05) is 12.3 Å². The van der Waals surface area contributed by atoms with Gasteiger partial charge in [0.25, 0.3) is 11.4 Å². The summed E-state index contributed by atoms with van der Waals surface area (Å²) in [6.45, 7) is 0. The van der Waals surface area contributed by atoms with Crippen LogP contribution >= 0.6 is 0 Å². The van der Waals surface area contributed by atoms with E-state index in [1.54, 1.807) is 18.2 Å². The second-order valence-electron chi connectivity index (χ2n) is 5.92. The van der Waals surface area contributed by atoms with Gasteiger partial charge in [-0.25, -0.2) is 4.39 Å². The largest absolute Gasteiger partial charge is 0.334 e. The molecular formula is C20H15FN4O2. The molecule has 7 heteroatoms. The molecule has 2 aromatic carbocycles. The summed E-state index contributed by atoms with van der Waals surface area (Å²) >= 11 is 0. The average molecular weight is 362 g/mol. The van der Waals surface area contributed by atoms with Crippen LogP contribution in [0.5, 0.6) is 0 Å². The Balaban J connectivity index is 1.71. The summed E-state index contributed by atoms with van der Waals surface area (Å²) in [4.78, 5) is 16.5. The van der Waals surface area contributed by atoms with E-state index in [2.05, 4.69) is 10.1 Å². The molecule has 4 rings (SSSR count). The summed E-state index contributed by atoms with van der Waals surface area (Å²) in [6, 6.07) is 17.7. The molecule has 2 aromatic heterocycles. The van der Waals surface area contributed by atoms with Crippen LogP contribution < -0.4 is 11.3 Å². The van der Waals surface area contributed by atoms with Crippen molar-refractivity contribution in [3.05, 3.63) is 100 Å². The van der Waals surface area contributed by atoms with Crippen molar-refractivity contribution in [3.63, 3.8) is 0 Å². The fourth-order valence-electron chi connectivity index (χ4n) is 2.74. The molecule has 134 valence electrons. The van der Waals surface area contributed by atoms with Crippen LogP contribution in [0.25, 0.3) is 17.1 Å². The molecule has 0 radical (unpaired) electrons. The van der Waals surface area contributed by atoms with Gasteiger partial charge in [0.2, 0.25) is 0 Å². The summed E-state index contributed by atoms with van der Waals surface area (Å²) in [7, 11) is 0. The van der Waals surface area contributed by atoms with Gasteiger partial charge in [-0.2, -0.15) is 4.98 Å². The van der Waals surface area contributed by atoms with Crippen LogP contribution in [0.3, 0.4) is 0 Å². The summed E-state index contributed by atoms with van der Waals surface area (Å²) in [5, 5.41) is 3.94. The Kier molecular flexibility index (Phi) is 4.35. The lowest BCUT2D eigenvalue weighted by Crippen LogP contribution is -2.17. The van der Waals surface area contributed by atoms with Crippen LogP contribution in [-0.4, -0.2) is 14.7 Å². The molecule has 1 atom stereocenters. The number of rotatable bonds is 4. The maximum Gasteiger partial charge on any atom is 0.259 e. The number of benzene rings is 2. The Morgan fingerprint density at radius 3 is 2.52 bits per heavy atom. The highest BCUT2D eigenvalue weighted by Crippen LogP contribution is 2.22. The van der Waals surface area contributed by atoms with E-state index < -0.39 is 11.9 Å². The molecule has 27 heavy (non-hydrogen) atoms. The highest BCUT2D eigenvalue weighted by Gasteiger charge is 2.18. The maximum absolute atomic E-state index is 14.1. The van der Waals surface area contributed by atoms with Crippen LogP contribution in [0.4, 0.5) is 4.39 Å². The molecule has 0 spiro atoms. The van der Waals surface area contributed by atoms with Crippen molar-refractivity contribution in [2.45, 2.75) is 6.04 Å². The number of hydrogen-bond acceptors (Lipinski definition) is 5. The fourth-order valence-corrected chi connectivity index (χ4v) is 2.74. The van der Waals surface area contributed by atoms with Crippen molar-refractivity contribution < 1.29 is 8.91 Å². The third kappa shape index (κ3) is 3.28. The van der Waals surface area contributed by atoms with Crippen LogP contribution in [0, 0.1) is 5.82 Å². The first-order valence-corrected chi connectivity index (χ1v) is 8.25. The summed E-state index contributed by atoms with van der Waals surface area (Å²) in [5.74, 6) is 0.00961. The predicted octanol–water partition coefficient (Wildman–Crippen LogP) is 3.07. The average Bonchev–Trinajstić information content (AvgIpc) is 3.19. The van der Waals surface area contributed by atoms with Crippen molar-refractivity contribution in [1.29, 1.82) is 0 Å². The Labute approximate surface area is 153 Å². The Hall–Kier alpha value is -3.58. The Morgan fingerprint density at radius 2 is 1.74 bits per heavy atom. The third-order valence-corrected chi connectivity index (χ3v) is 4.15. The zero-order valence-corrected chi connectivity index (χ0v) is 14.1. The van der Waals surface area contributed by atoms with Crippen LogP contribution in [0.1, 0.15) is 17.4 Å². The van der Waals surface area contributed by atoms with Crippen molar-refractivity contribution in [3.8, 4) is 17.1 Å². The minimum atomic E-state index is -0.541. The van der Waals surface area contributed by atoms with Gasteiger partial charge in [0.15, 0.2) is 5.82 Å². The number of nitrogens with zero attached hydrogens (tertiary/aromatic N) is 3. The predicted molar refractivity (Wildman–Crippen MR) is 97.8 cm³/mol. The number of halogens is 1. The number of para-hydroxylation sites is 1. The van der Waals surface area contributed by atoms with Crippen LogP contribution in [0.2, 0.25) is 0 Å². The van der Waals surface area contributed by atoms with E-state index in [4.69, 9.17) is 10.3 Å². The zero-order valence-electron chi connectivity index (χ0n) is 14.1. The molecule has 0 fully saturated rings. The monoisotopic (exact) mass is 362 g/mol. The summed E-state index contributed by atoms with van der Waals surface area (Å²) < 4.78 is 20.6. The fraction of sp³-hybridized carbons (Fsp3) is 0.0500. The molecule has 0 bridgehead atoms. The van der Waals surface area contributed by atoms with E-state index in [1.165, 1.54) is 29.0 Å². The Bertz CT molecular complexity index is 1140. The minimum absolute atomic E-state index is 0.144. The minimum Gasteiger partial charge on any atom is -0.334 e. The smallest absolute Gasteiger partial charge is 0.259 e. The first-order valence-electron chi connectivity index (χ1n) is 8.25. The molecule has 0 amide bonds. The van der Waals surface area contributed by atoms with Gasteiger partial charge in [0.1, 0.15) is 5.82 Å². The molecule has 0 saturated heterocycles. The van der Waals surface area contributed by atoms with Gasteiger partial charge in [0.05, 0.1) is 17.3 Å². The number of nitrogens with two attached hydrogens (primary N) is 1. The lowest BCUT2D eigenvalue weighted by atomic mass is 10.1. The highest BCUT2D eigenvalue weighted by molar-refractivity contribution is 5.52. The standard InChI is InChI=1S/C20H15FN4O2/c21-15-8-4-5-9-16(15)25-12-14(10-11-17(25)26)20-23-19(24-27-20)18(22)13-6-2-1-3-7-13/h1-12,18H,22H2. The molecule has 2 N–H and O–H groups in total. The van der Waals surface area contributed by atoms with E-state index in [0.29, 0.717) is 11.4 Å². The van der Waals surface area contributed by atoms with Crippen LogP contribution in [-0.2, 0) is 0 Å². The first kappa shape index (κ1) is 16.9. The number of aromatic nitrogens is 3. The molecule has 1 unspecified atom stereocenters. The van der Waals surface area contributed by atoms with E-state index >= 15 is 0 Å². The maximum atomic E-state index is 14.1. The second-order valence-corrected chi connectivity index (χ2v) is 5.92. The lowest BCUT2D eigenvalue weighted by molar-refractivity contribution is 0.419. The number of hydrogen-bond donors (Lipinski definition) is 1. The Morgan fingerprint density at radius 1 is 1.00 bits per heavy atom. The molecular weight excluding hydrogens is 347 g/mol. The number of pyridine rings is 1. The summed E-state index contributed by atoms with van der Waals surface area (Å²) in [6.07, 6.45) is 1.46. The van der Waals surface area contributed by atoms with Gasteiger partial charge in [-0.3, -0.25) is 9.36 Å². The SMILES string of the molecule is NC(c1ccccc1)c1noc(-c2ccc(=O)n(-c3ccccc3F)c2)n1. The van der Waals surface area contributed by atoms with Crippen molar-refractivity contribution in [2.24, 2.45) is 5.73 Å². The van der Waals surface area contributed by atoms with Gasteiger partial charge in [-0.1, -0.05) is 47.6 Å². The van der Waals surface area contributed by atoms with Gasteiger partial charge < -0.3 is 10.3 Å². The van der Waals surface area contributed by atoms with E-state index in [-0.39, 0.29) is 17.1 Å². The molecule has 4 aromatic rings. The second kappa shape index (κ2) is 6.97. The lowest BCUT2D eigenvalue weighted by Gasteiger charge is -2.07. The van der Waals surface area contributed by atoms with Crippen molar-refractivity contribution in [2.75, 3.05) is 0 Å². The van der Waals surface area contributed by atoms with Gasteiger partial charge in [-0.05, 0) is 23.8 Å². The first-order chi connectivity index (χ1) is 13.1. The molecule has 0 saturated carbocycles. The molecule has 0 aliphatic carbocycles. The molecule has 0 aliphatic rings. The van der Waals surface area contributed by atoms with Gasteiger partial charge >= 0.3 is 0 Å². The zero-order chi connectivity index (χ0) is 18.8. The normalized spacial score (nSPS) is 12.1. The quantitative estimate of drug-likeness (QED) is 0.603. The van der Waals surface area contributed by atoms with E-state index in [1.807, 2.05) is 30.3 Å². The molecule has 0 aliphatic heterocycles. The van der Waals surface area contributed by atoms with E-state index in [9.17, 15) is 9.18 Å². The van der Waals surface area contributed by atoms with Crippen molar-refractivity contribution >= 4 is 0 Å². The van der Waals surface area contributed by atoms with E-state index in [0.717, 1.165) is 5.56 Å². The molecule has 6 nitrogen and oxygen atoms in total. The third-order valence-electron chi connectivity index (χ3n) is 4.15. The summed E-state index contributed by atoms with van der Waals surface area (Å²) in [5.41, 5.74) is 7.29. The topological polar surface area (TPSA) is 86.9 Å². The van der Waals surface area contributed by atoms with Gasteiger partial charge in [-0.15, -0.1) is 0 Å². The van der Waals surface area contributed by atoms with Crippen molar-refractivity contribution in [1.82, 2.24) is 14.7 Å².